The third-order valence-corrected chi connectivity index (χ3v) is 1.41. The van der Waals surface area contributed by atoms with Crippen molar-refractivity contribution in [3.8, 4) is 0 Å². The van der Waals surface area contributed by atoms with Gasteiger partial charge in [-0.05, 0) is 0 Å². The highest BCUT2D eigenvalue weighted by Crippen LogP contribution is 2.11. The van der Waals surface area contributed by atoms with Crippen LogP contribution < -0.4 is 12.4 Å². The minimum Gasteiger partial charge on any atom is -1.00 e. The van der Waals surface area contributed by atoms with Crippen LogP contribution in [0.5, 0.6) is 0 Å². The van der Waals surface area contributed by atoms with Gasteiger partial charge in [-0.2, -0.15) is 0 Å². The maximum Gasteiger partial charge on any atom is 0.152 e. The zero-order valence-corrected chi connectivity index (χ0v) is 6.02. The molecule has 50 valence electrons. The maximum absolute atomic E-state index is 8.77. The van der Waals surface area contributed by atoms with Gasteiger partial charge in [-0.1, -0.05) is 0 Å². The van der Waals surface area contributed by atoms with E-state index in [9.17, 15) is 0 Å². The number of hydrogen-bond donors (Lipinski definition) is 1. The molecule has 1 fully saturated rings. The first kappa shape index (κ1) is 8.21. The van der Waals surface area contributed by atoms with Gasteiger partial charge in [0.25, 0.3) is 0 Å². The Bertz CT molecular complexity index is 76.5. The van der Waals surface area contributed by atoms with Crippen LogP contribution in [0.2, 0.25) is 0 Å². The first-order valence-corrected chi connectivity index (χ1v) is 2.60. The van der Waals surface area contributed by atoms with E-state index in [1.54, 1.807) is 0 Å². The van der Waals surface area contributed by atoms with Crippen molar-refractivity contribution < 1.29 is 22.0 Å². The van der Waals surface area contributed by atoms with Crippen LogP contribution in [0.15, 0.2) is 0 Å². The van der Waals surface area contributed by atoms with Crippen molar-refractivity contribution >= 4 is 0 Å². The van der Waals surface area contributed by atoms with Gasteiger partial charge in [-0.25, -0.2) is 0 Å². The van der Waals surface area contributed by atoms with Crippen molar-refractivity contribution in [2.24, 2.45) is 0 Å². The van der Waals surface area contributed by atoms with Crippen LogP contribution in [0.25, 0.3) is 0 Å². The SMILES string of the molecule is C[N+]1(C)CC(O)C1.[Cl-]. The van der Waals surface area contributed by atoms with Crippen molar-refractivity contribution in [1.82, 2.24) is 0 Å². The van der Waals surface area contributed by atoms with Crippen molar-refractivity contribution in [2.75, 3.05) is 27.2 Å². The van der Waals surface area contributed by atoms with Gasteiger partial charge in [0.05, 0.1) is 14.1 Å². The van der Waals surface area contributed by atoms with Crippen molar-refractivity contribution in [2.45, 2.75) is 6.10 Å². The predicted octanol–water partition coefficient (Wildman–Crippen LogP) is -3.56. The third-order valence-electron chi connectivity index (χ3n) is 1.41. The molecule has 0 unspecified atom stereocenters. The molecule has 2 nitrogen and oxygen atoms in total. The first-order valence-electron chi connectivity index (χ1n) is 2.60. The molecule has 0 aromatic heterocycles. The van der Waals surface area contributed by atoms with Crippen LogP contribution in [-0.4, -0.2) is 42.9 Å². The van der Waals surface area contributed by atoms with Crippen LogP contribution >= 0.6 is 0 Å². The average Bonchev–Trinajstić information content (AvgIpc) is 1.27. The highest BCUT2D eigenvalue weighted by atomic mass is 35.5. The lowest BCUT2D eigenvalue weighted by molar-refractivity contribution is -0.937. The molecule has 0 saturated carbocycles. The summed E-state index contributed by atoms with van der Waals surface area (Å²) >= 11 is 0. The van der Waals surface area contributed by atoms with E-state index < -0.39 is 0 Å². The summed E-state index contributed by atoms with van der Waals surface area (Å²) in [6.07, 6.45) is -0.0185. The lowest BCUT2D eigenvalue weighted by Gasteiger charge is -2.41. The Labute approximate surface area is 56.1 Å². The Morgan fingerprint density at radius 2 is 1.75 bits per heavy atom. The molecule has 8 heavy (non-hydrogen) atoms. The van der Waals surface area contributed by atoms with E-state index in [1.807, 2.05) is 0 Å². The van der Waals surface area contributed by atoms with Gasteiger partial charge < -0.3 is 22.0 Å². The fraction of sp³-hybridized carbons (Fsp3) is 1.00. The number of nitrogens with zero attached hydrogens (tertiary/aromatic N) is 1. The normalized spacial score (nSPS) is 25.9. The molecule has 1 aliphatic rings. The standard InChI is InChI=1S/C5H12NO.ClH/c1-6(2)3-5(7)4-6;/h5,7H,3-4H2,1-2H3;1H/q+1;/p-1. The summed E-state index contributed by atoms with van der Waals surface area (Å²) < 4.78 is 0.987. The Morgan fingerprint density at radius 1 is 1.38 bits per heavy atom. The Balaban J connectivity index is 0.000000490. The minimum atomic E-state index is -0.0185. The molecule has 0 radical (unpaired) electrons. The third kappa shape index (κ3) is 1.62. The highest BCUT2D eigenvalue weighted by Gasteiger charge is 2.34. The fourth-order valence-electron chi connectivity index (χ4n) is 1.09. The van der Waals surface area contributed by atoms with Gasteiger partial charge in [-0.15, -0.1) is 0 Å². The van der Waals surface area contributed by atoms with Gasteiger partial charge in [0.1, 0.15) is 13.1 Å². The summed E-state index contributed by atoms with van der Waals surface area (Å²) in [6.45, 7) is 1.86. The Hall–Kier alpha value is 0.210. The molecule has 0 aromatic rings. The number of aliphatic hydroxyl groups excluding tert-OH is 1. The molecule has 0 bridgehead atoms. The number of halogens is 1. The number of hydrogen-bond acceptors (Lipinski definition) is 1. The van der Waals surface area contributed by atoms with E-state index in [-0.39, 0.29) is 18.5 Å². The number of rotatable bonds is 0. The lowest BCUT2D eigenvalue weighted by atomic mass is 10.1. The second-order valence-electron chi connectivity index (χ2n) is 2.95. The van der Waals surface area contributed by atoms with Crippen LogP contribution in [0, 0.1) is 0 Å². The molecule has 0 spiro atoms. The van der Waals surface area contributed by atoms with E-state index in [1.165, 1.54) is 0 Å². The highest BCUT2D eigenvalue weighted by molar-refractivity contribution is 4.61. The summed E-state index contributed by atoms with van der Waals surface area (Å²) in [7, 11) is 4.24. The van der Waals surface area contributed by atoms with Crippen LogP contribution in [0.4, 0.5) is 0 Å². The summed E-state index contributed by atoms with van der Waals surface area (Å²) in [5, 5.41) is 8.77. The van der Waals surface area contributed by atoms with Crippen LogP contribution in [0.1, 0.15) is 0 Å². The molecule has 0 aliphatic carbocycles. The summed E-state index contributed by atoms with van der Waals surface area (Å²) in [5.41, 5.74) is 0. The quantitative estimate of drug-likeness (QED) is 0.343. The van der Waals surface area contributed by atoms with Gasteiger partial charge in [-0.3, -0.25) is 0 Å². The fourth-order valence-corrected chi connectivity index (χ4v) is 1.09. The van der Waals surface area contributed by atoms with Crippen LogP contribution in [-0.2, 0) is 0 Å². The molecule has 1 N–H and O–H groups in total. The lowest BCUT2D eigenvalue weighted by Crippen LogP contribution is -3.00. The number of quaternary nitrogens is 1. The number of likely N-dealkylation sites (N-methyl/N-ethyl adjacent to an activating group) is 1. The monoisotopic (exact) mass is 137 g/mol. The smallest absolute Gasteiger partial charge is 0.152 e. The van der Waals surface area contributed by atoms with E-state index in [0.717, 1.165) is 17.6 Å². The van der Waals surface area contributed by atoms with Gasteiger partial charge in [0.15, 0.2) is 6.10 Å². The number of aliphatic hydroxyl groups is 1. The van der Waals surface area contributed by atoms with E-state index >= 15 is 0 Å². The molecule has 1 heterocycles. The molecule has 1 rings (SSSR count). The average molecular weight is 138 g/mol. The second-order valence-corrected chi connectivity index (χ2v) is 2.95. The van der Waals surface area contributed by atoms with Crippen molar-refractivity contribution in [3.63, 3.8) is 0 Å². The molecule has 0 aromatic carbocycles. The molecule has 0 amide bonds. The van der Waals surface area contributed by atoms with E-state index in [2.05, 4.69) is 14.1 Å². The molecule has 3 heteroatoms. The molecular weight excluding hydrogens is 126 g/mol. The zero-order valence-electron chi connectivity index (χ0n) is 5.26. The summed E-state index contributed by atoms with van der Waals surface area (Å²) in [6, 6.07) is 0. The number of likely N-dealkylation sites (tertiary alicyclic amines) is 1. The summed E-state index contributed by atoms with van der Waals surface area (Å²) in [4.78, 5) is 0. The zero-order chi connectivity index (χ0) is 5.49. The Kier molecular flexibility index (Phi) is 2.27. The van der Waals surface area contributed by atoms with Crippen molar-refractivity contribution in [3.05, 3.63) is 0 Å². The molecule has 1 aliphatic heterocycles. The molecule has 1 saturated heterocycles. The maximum atomic E-state index is 8.77. The predicted molar refractivity (Wildman–Crippen MR) is 27.8 cm³/mol. The summed E-state index contributed by atoms with van der Waals surface area (Å²) in [5.74, 6) is 0. The largest absolute Gasteiger partial charge is 1.00 e. The van der Waals surface area contributed by atoms with E-state index in [4.69, 9.17) is 5.11 Å². The van der Waals surface area contributed by atoms with Gasteiger partial charge in [0.2, 0.25) is 0 Å². The van der Waals surface area contributed by atoms with Gasteiger partial charge >= 0.3 is 0 Å². The molecular formula is C5H12ClNO. The van der Waals surface area contributed by atoms with Crippen LogP contribution in [0.3, 0.4) is 0 Å². The Morgan fingerprint density at radius 3 is 1.75 bits per heavy atom. The first-order chi connectivity index (χ1) is 3.10. The topological polar surface area (TPSA) is 20.2 Å². The van der Waals surface area contributed by atoms with Crippen molar-refractivity contribution in [1.29, 1.82) is 0 Å². The van der Waals surface area contributed by atoms with Gasteiger partial charge in [0, 0.05) is 0 Å². The van der Waals surface area contributed by atoms with E-state index in [0.29, 0.717) is 0 Å². The second kappa shape index (κ2) is 2.21. The minimum absolute atomic E-state index is 0. The molecule has 0 atom stereocenters.